The molecule has 0 amide bonds. The number of halogens is 1. The number of carbonyl (C=O) groups is 1. The second-order valence-electron chi connectivity index (χ2n) is 4.99. The molecule has 0 aliphatic heterocycles. The van der Waals surface area contributed by atoms with Gasteiger partial charge >= 0.3 is 5.97 Å². The summed E-state index contributed by atoms with van der Waals surface area (Å²) >= 11 is 5.96. The van der Waals surface area contributed by atoms with Gasteiger partial charge in [0, 0.05) is 11.6 Å². The van der Waals surface area contributed by atoms with E-state index < -0.39 is 5.97 Å². The molecule has 0 atom stereocenters. The number of carboxylic acids is 1. The van der Waals surface area contributed by atoms with Crippen LogP contribution in [0.15, 0.2) is 36.4 Å². The number of anilines is 1. The van der Waals surface area contributed by atoms with Gasteiger partial charge in [-0.2, -0.15) is 0 Å². The molecule has 2 rings (SSSR count). The number of aryl methyl sites for hydroxylation is 2. The molecule has 0 saturated heterocycles. The first-order chi connectivity index (χ1) is 10.5. The van der Waals surface area contributed by atoms with E-state index in [0.29, 0.717) is 23.9 Å². The number of hydrogen-bond acceptors (Lipinski definition) is 3. The van der Waals surface area contributed by atoms with Crippen LogP contribution in [0, 0.1) is 13.8 Å². The van der Waals surface area contributed by atoms with Gasteiger partial charge in [0.15, 0.2) is 0 Å². The van der Waals surface area contributed by atoms with E-state index in [0.717, 1.165) is 16.9 Å². The van der Waals surface area contributed by atoms with Gasteiger partial charge in [0.1, 0.15) is 12.4 Å². The maximum atomic E-state index is 11.2. The smallest absolute Gasteiger partial charge is 0.337 e. The Bertz CT molecular complexity index is 686. The molecule has 2 aromatic rings. The maximum absolute atomic E-state index is 11.2. The van der Waals surface area contributed by atoms with Crippen molar-refractivity contribution < 1.29 is 14.6 Å². The van der Waals surface area contributed by atoms with E-state index in [1.807, 2.05) is 32.0 Å². The zero-order valence-corrected chi connectivity index (χ0v) is 13.3. The summed E-state index contributed by atoms with van der Waals surface area (Å²) in [6, 6.07) is 10.7. The van der Waals surface area contributed by atoms with E-state index in [2.05, 4.69) is 5.32 Å². The summed E-state index contributed by atoms with van der Waals surface area (Å²) in [5, 5.41) is 13.0. The molecule has 2 aromatic carbocycles. The first kappa shape index (κ1) is 16.2. The highest BCUT2D eigenvalue weighted by atomic mass is 35.5. The topological polar surface area (TPSA) is 58.6 Å². The first-order valence-corrected chi connectivity index (χ1v) is 7.32. The Morgan fingerprint density at radius 2 is 2.00 bits per heavy atom. The van der Waals surface area contributed by atoms with E-state index in [-0.39, 0.29) is 5.56 Å². The molecule has 0 saturated carbocycles. The average Bonchev–Trinajstić information content (AvgIpc) is 2.48. The van der Waals surface area contributed by atoms with E-state index in [4.69, 9.17) is 16.3 Å². The molecule has 0 aromatic heterocycles. The fourth-order valence-corrected chi connectivity index (χ4v) is 2.25. The third-order valence-corrected chi connectivity index (χ3v) is 3.73. The monoisotopic (exact) mass is 319 g/mol. The Balaban J connectivity index is 1.94. The van der Waals surface area contributed by atoms with Crippen molar-refractivity contribution in [1.29, 1.82) is 0 Å². The summed E-state index contributed by atoms with van der Waals surface area (Å²) in [6.07, 6.45) is 0. The fourth-order valence-electron chi connectivity index (χ4n) is 2.13. The van der Waals surface area contributed by atoms with Crippen LogP contribution in [0.3, 0.4) is 0 Å². The quantitative estimate of drug-likeness (QED) is 0.785. The minimum Gasteiger partial charge on any atom is -0.492 e. The number of benzene rings is 2. The molecule has 0 aliphatic rings. The molecular formula is C17H18ClNO3. The van der Waals surface area contributed by atoms with Crippen molar-refractivity contribution in [2.24, 2.45) is 0 Å². The summed E-state index contributed by atoms with van der Waals surface area (Å²) in [5.74, 6) is -0.201. The molecule has 2 N–H and O–H groups in total. The third-order valence-electron chi connectivity index (χ3n) is 3.31. The molecule has 0 bridgehead atoms. The molecule has 0 unspecified atom stereocenters. The van der Waals surface area contributed by atoms with Crippen LogP contribution >= 0.6 is 11.6 Å². The lowest BCUT2D eigenvalue weighted by molar-refractivity contribution is 0.0698. The Kier molecular flexibility index (Phi) is 5.28. The highest BCUT2D eigenvalue weighted by molar-refractivity contribution is 6.31. The van der Waals surface area contributed by atoms with Crippen LogP contribution in [0.1, 0.15) is 21.5 Å². The molecule has 116 valence electrons. The Morgan fingerprint density at radius 3 is 2.68 bits per heavy atom. The average molecular weight is 320 g/mol. The lowest BCUT2D eigenvalue weighted by Crippen LogP contribution is -2.15. The Morgan fingerprint density at radius 1 is 1.23 bits per heavy atom. The summed E-state index contributed by atoms with van der Waals surface area (Å²) < 4.78 is 5.64. The van der Waals surface area contributed by atoms with Gasteiger partial charge in [-0.15, -0.1) is 0 Å². The van der Waals surface area contributed by atoms with Crippen LogP contribution < -0.4 is 10.1 Å². The predicted molar refractivity (Wildman–Crippen MR) is 88.3 cm³/mol. The molecular weight excluding hydrogens is 302 g/mol. The molecule has 5 heteroatoms. The molecule has 22 heavy (non-hydrogen) atoms. The Labute approximate surface area is 134 Å². The maximum Gasteiger partial charge on any atom is 0.337 e. The molecule has 4 nitrogen and oxygen atoms in total. The van der Waals surface area contributed by atoms with Gasteiger partial charge in [-0.05, 0) is 49.2 Å². The fraction of sp³-hybridized carbons (Fsp3) is 0.235. The van der Waals surface area contributed by atoms with Crippen LogP contribution in [0.5, 0.6) is 5.75 Å². The van der Waals surface area contributed by atoms with Gasteiger partial charge in [0.2, 0.25) is 0 Å². The number of rotatable bonds is 6. The van der Waals surface area contributed by atoms with E-state index in [9.17, 15) is 9.90 Å². The highest BCUT2D eigenvalue weighted by Crippen LogP contribution is 2.22. The lowest BCUT2D eigenvalue weighted by atomic mass is 10.1. The van der Waals surface area contributed by atoms with Gasteiger partial charge < -0.3 is 15.2 Å². The number of para-hydroxylation sites is 1. The van der Waals surface area contributed by atoms with Gasteiger partial charge in [0.05, 0.1) is 11.3 Å². The van der Waals surface area contributed by atoms with Crippen molar-refractivity contribution in [2.75, 3.05) is 18.5 Å². The van der Waals surface area contributed by atoms with E-state index in [1.54, 1.807) is 18.2 Å². The van der Waals surface area contributed by atoms with Crippen LogP contribution in [0.25, 0.3) is 0 Å². The number of carboxylic acid groups (broad SMARTS) is 1. The van der Waals surface area contributed by atoms with Gasteiger partial charge in [-0.3, -0.25) is 0 Å². The van der Waals surface area contributed by atoms with Crippen molar-refractivity contribution in [2.45, 2.75) is 13.8 Å². The van der Waals surface area contributed by atoms with E-state index in [1.165, 1.54) is 0 Å². The lowest BCUT2D eigenvalue weighted by Gasteiger charge is -2.13. The minimum atomic E-state index is -0.944. The van der Waals surface area contributed by atoms with Gasteiger partial charge in [-0.1, -0.05) is 23.7 Å². The SMILES string of the molecule is Cc1cc(OCCNc2c(C)cccc2C(=O)O)ccc1Cl. The van der Waals surface area contributed by atoms with Gasteiger partial charge in [-0.25, -0.2) is 4.79 Å². The van der Waals surface area contributed by atoms with Crippen LogP contribution in [0.4, 0.5) is 5.69 Å². The zero-order valence-electron chi connectivity index (χ0n) is 12.5. The second kappa shape index (κ2) is 7.18. The number of ether oxygens (including phenoxy) is 1. The van der Waals surface area contributed by atoms with Crippen molar-refractivity contribution >= 4 is 23.3 Å². The second-order valence-corrected chi connectivity index (χ2v) is 5.40. The van der Waals surface area contributed by atoms with Gasteiger partial charge in [0.25, 0.3) is 0 Å². The van der Waals surface area contributed by atoms with Crippen molar-refractivity contribution in [3.63, 3.8) is 0 Å². The van der Waals surface area contributed by atoms with Crippen molar-refractivity contribution in [3.05, 3.63) is 58.1 Å². The number of nitrogens with one attached hydrogen (secondary N) is 1. The van der Waals surface area contributed by atoms with Crippen LogP contribution in [-0.2, 0) is 0 Å². The Hall–Kier alpha value is -2.20. The largest absolute Gasteiger partial charge is 0.492 e. The summed E-state index contributed by atoms with van der Waals surface area (Å²) in [6.45, 7) is 4.72. The number of hydrogen-bond donors (Lipinski definition) is 2. The van der Waals surface area contributed by atoms with Crippen LogP contribution in [-0.4, -0.2) is 24.2 Å². The van der Waals surface area contributed by atoms with Crippen molar-refractivity contribution in [3.8, 4) is 5.75 Å². The molecule has 0 fully saturated rings. The molecule has 0 spiro atoms. The predicted octanol–water partition coefficient (Wildman–Crippen LogP) is 4.15. The molecule has 0 heterocycles. The van der Waals surface area contributed by atoms with Crippen molar-refractivity contribution in [1.82, 2.24) is 0 Å². The summed E-state index contributed by atoms with van der Waals surface area (Å²) in [7, 11) is 0. The molecule has 0 aliphatic carbocycles. The standard InChI is InChI=1S/C17H18ClNO3/c1-11-4-3-5-14(17(20)21)16(11)19-8-9-22-13-6-7-15(18)12(2)10-13/h3-7,10,19H,8-9H2,1-2H3,(H,20,21). The summed E-state index contributed by atoms with van der Waals surface area (Å²) in [4.78, 5) is 11.2. The molecule has 0 radical (unpaired) electrons. The normalized spacial score (nSPS) is 10.3. The third kappa shape index (κ3) is 3.92. The summed E-state index contributed by atoms with van der Waals surface area (Å²) in [5.41, 5.74) is 2.75. The minimum absolute atomic E-state index is 0.266. The zero-order chi connectivity index (χ0) is 16.1. The highest BCUT2D eigenvalue weighted by Gasteiger charge is 2.11. The van der Waals surface area contributed by atoms with Crippen LogP contribution in [0.2, 0.25) is 5.02 Å². The first-order valence-electron chi connectivity index (χ1n) is 6.95. The van der Waals surface area contributed by atoms with E-state index >= 15 is 0 Å². The number of aromatic carboxylic acids is 1.